The SMILES string of the molecule is [N-]=[N+]=N[C@]1(CO)OC(n2ccc(N[C@@H](CO)C(=O)O)nc2=O)[C@@H](F)C1O. The summed E-state index contributed by atoms with van der Waals surface area (Å²) in [5.74, 6) is -1.59. The summed E-state index contributed by atoms with van der Waals surface area (Å²) in [7, 11) is 0. The van der Waals surface area contributed by atoms with Crippen LogP contribution in [-0.2, 0) is 9.53 Å². The highest BCUT2D eigenvalue weighted by molar-refractivity contribution is 5.76. The first kappa shape index (κ1) is 19.6. The summed E-state index contributed by atoms with van der Waals surface area (Å²) < 4.78 is 20.1. The minimum atomic E-state index is -2.31. The van der Waals surface area contributed by atoms with Gasteiger partial charge in [0.05, 0.1) is 13.2 Å². The number of rotatable bonds is 7. The standard InChI is InChI=1S/C12H15FN6O7/c13-7-8(22)12(4-21,17-18-14)26-9(7)19-2-1-6(16-11(19)25)15-5(3-20)10(23)24/h1-2,5,7-9,20-22H,3-4H2,(H,23,24)(H,15,16,25)/t5-,7-,8?,9?,12+/m0/s1. The van der Waals surface area contributed by atoms with E-state index in [1.165, 1.54) is 0 Å². The Kier molecular flexibility index (Phi) is 5.74. The van der Waals surface area contributed by atoms with Crippen molar-refractivity contribution in [2.24, 2.45) is 5.11 Å². The fraction of sp³-hybridized carbons (Fsp3) is 0.583. The molecule has 26 heavy (non-hydrogen) atoms. The van der Waals surface area contributed by atoms with Gasteiger partial charge in [0.2, 0.25) is 5.72 Å². The minimum Gasteiger partial charge on any atom is -0.480 e. The molecule has 1 aliphatic rings. The van der Waals surface area contributed by atoms with Gasteiger partial charge < -0.3 is 30.5 Å². The molecule has 1 saturated heterocycles. The van der Waals surface area contributed by atoms with Gasteiger partial charge in [-0.25, -0.2) is 14.0 Å². The van der Waals surface area contributed by atoms with E-state index in [1.807, 2.05) is 0 Å². The Hall–Kier alpha value is -2.77. The third-order valence-electron chi connectivity index (χ3n) is 3.71. The molecular weight excluding hydrogens is 359 g/mol. The Morgan fingerprint density at radius 1 is 1.62 bits per heavy atom. The van der Waals surface area contributed by atoms with Gasteiger partial charge in [-0.15, -0.1) is 0 Å². The van der Waals surface area contributed by atoms with Crippen molar-refractivity contribution in [2.75, 3.05) is 18.5 Å². The number of aliphatic carboxylic acids is 1. The van der Waals surface area contributed by atoms with Gasteiger partial charge in [0, 0.05) is 11.1 Å². The molecule has 1 fully saturated rings. The third kappa shape index (κ3) is 3.44. The van der Waals surface area contributed by atoms with Crippen LogP contribution in [0.4, 0.5) is 10.2 Å². The van der Waals surface area contributed by atoms with Crippen molar-refractivity contribution in [3.05, 3.63) is 33.2 Å². The van der Waals surface area contributed by atoms with Gasteiger partial charge in [0.25, 0.3) is 0 Å². The van der Waals surface area contributed by atoms with E-state index in [4.69, 9.17) is 20.5 Å². The summed E-state index contributed by atoms with van der Waals surface area (Å²) in [6.07, 6.45) is -5.01. The lowest BCUT2D eigenvalue weighted by atomic mass is 10.1. The molecule has 5 atom stereocenters. The molecule has 5 N–H and O–H groups in total. The predicted octanol–water partition coefficient (Wildman–Crippen LogP) is -1.67. The van der Waals surface area contributed by atoms with Crippen LogP contribution in [-0.4, -0.2) is 73.2 Å². The number of carbonyl (C=O) groups is 1. The lowest BCUT2D eigenvalue weighted by molar-refractivity contribution is -0.138. The van der Waals surface area contributed by atoms with Gasteiger partial charge in [-0.1, -0.05) is 5.11 Å². The van der Waals surface area contributed by atoms with Gasteiger partial charge >= 0.3 is 11.7 Å². The molecule has 0 radical (unpaired) electrons. The highest BCUT2D eigenvalue weighted by atomic mass is 19.1. The number of aromatic nitrogens is 2. The largest absolute Gasteiger partial charge is 0.480 e. The molecule has 2 rings (SSSR count). The Morgan fingerprint density at radius 3 is 2.81 bits per heavy atom. The summed E-state index contributed by atoms with van der Waals surface area (Å²) in [6, 6.07) is -0.301. The average molecular weight is 374 g/mol. The molecule has 1 aliphatic heterocycles. The first-order valence-electron chi connectivity index (χ1n) is 7.16. The fourth-order valence-corrected chi connectivity index (χ4v) is 2.33. The number of halogens is 1. The van der Waals surface area contributed by atoms with Gasteiger partial charge in [0.15, 0.2) is 12.4 Å². The molecule has 0 saturated carbocycles. The zero-order valence-corrected chi connectivity index (χ0v) is 13.0. The number of hydrogen-bond acceptors (Lipinski definition) is 9. The van der Waals surface area contributed by atoms with Crippen molar-refractivity contribution in [1.82, 2.24) is 9.55 Å². The number of nitrogens with zero attached hydrogens (tertiary/aromatic N) is 5. The van der Waals surface area contributed by atoms with Crippen LogP contribution in [0.1, 0.15) is 6.23 Å². The lowest BCUT2D eigenvalue weighted by Gasteiger charge is -2.23. The van der Waals surface area contributed by atoms with Crippen LogP contribution in [0, 0.1) is 0 Å². The molecule has 1 aromatic heterocycles. The maximum atomic E-state index is 14.3. The summed E-state index contributed by atoms with van der Waals surface area (Å²) in [6.45, 7) is -1.80. The van der Waals surface area contributed by atoms with E-state index in [-0.39, 0.29) is 5.82 Å². The van der Waals surface area contributed by atoms with Crippen LogP contribution in [0.5, 0.6) is 0 Å². The second-order valence-electron chi connectivity index (χ2n) is 5.31. The molecule has 1 aromatic rings. The highest BCUT2D eigenvalue weighted by Gasteiger charge is 2.56. The number of ether oxygens (including phenoxy) is 1. The smallest absolute Gasteiger partial charge is 0.351 e. The molecule has 0 amide bonds. The zero-order chi connectivity index (χ0) is 19.5. The number of hydrogen-bond donors (Lipinski definition) is 5. The van der Waals surface area contributed by atoms with E-state index >= 15 is 0 Å². The van der Waals surface area contributed by atoms with E-state index in [2.05, 4.69) is 20.3 Å². The summed E-state index contributed by atoms with van der Waals surface area (Å²) in [5, 5.41) is 42.3. The molecule has 2 heterocycles. The van der Waals surface area contributed by atoms with Gasteiger partial charge in [-0.3, -0.25) is 4.57 Å². The van der Waals surface area contributed by atoms with E-state index in [9.17, 15) is 24.2 Å². The van der Waals surface area contributed by atoms with Crippen molar-refractivity contribution in [2.45, 2.75) is 30.3 Å². The summed E-state index contributed by atoms with van der Waals surface area (Å²) in [4.78, 5) is 28.8. The highest BCUT2D eigenvalue weighted by Crippen LogP contribution is 2.39. The maximum absolute atomic E-state index is 14.3. The number of alkyl halides is 1. The van der Waals surface area contributed by atoms with Crippen LogP contribution >= 0.6 is 0 Å². The average Bonchev–Trinajstić information content (AvgIpc) is 2.85. The van der Waals surface area contributed by atoms with Crippen LogP contribution in [0.25, 0.3) is 10.4 Å². The van der Waals surface area contributed by atoms with Gasteiger partial charge in [0.1, 0.15) is 18.0 Å². The molecule has 0 aliphatic carbocycles. The van der Waals surface area contributed by atoms with Gasteiger partial charge in [-0.05, 0) is 11.6 Å². The van der Waals surface area contributed by atoms with Crippen LogP contribution in [0.15, 0.2) is 22.2 Å². The second-order valence-corrected chi connectivity index (χ2v) is 5.31. The van der Waals surface area contributed by atoms with E-state index in [0.29, 0.717) is 4.57 Å². The lowest BCUT2D eigenvalue weighted by Crippen LogP contribution is -2.43. The normalized spacial score (nSPS) is 29.0. The predicted molar refractivity (Wildman–Crippen MR) is 80.6 cm³/mol. The van der Waals surface area contributed by atoms with Crippen molar-refractivity contribution < 1.29 is 34.3 Å². The Balaban J connectivity index is 2.31. The number of azide groups is 1. The molecule has 0 bridgehead atoms. The quantitative estimate of drug-likeness (QED) is 0.210. The fourth-order valence-electron chi connectivity index (χ4n) is 2.33. The number of aliphatic hydroxyl groups excluding tert-OH is 3. The van der Waals surface area contributed by atoms with E-state index < -0.39 is 55.1 Å². The molecule has 14 heteroatoms. The topological polar surface area (TPSA) is 203 Å². The number of nitrogens with one attached hydrogen (secondary N) is 1. The number of anilines is 1. The number of aliphatic hydroxyl groups is 3. The first-order chi connectivity index (χ1) is 12.3. The molecule has 2 unspecified atom stereocenters. The molecule has 142 valence electrons. The Morgan fingerprint density at radius 2 is 2.31 bits per heavy atom. The zero-order valence-electron chi connectivity index (χ0n) is 13.0. The van der Waals surface area contributed by atoms with Crippen LogP contribution in [0.3, 0.4) is 0 Å². The van der Waals surface area contributed by atoms with Crippen molar-refractivity contribution in [3.63, 3.8) is 0 Å². The monoisotopic (exact) mass is 374 g/mol. The first-order valence-corrected chi connectivity index (χ1v) is 7.16. The van der Waals surface area contributed by atoms with Crippen LogP contribution in [0.2, 0.25) is 0 Å². The summed E-state index contributed by atoms with van der Waals surface area (Å²) >= 11 is 0. The molecule has 0 spiro atoms. The Bertz CT molecular complexity index is 784. The molecule has 0 aromatic carbocycles. The van der Waals surface area contributed by atoms with Crippen molar-refractivity contribution >= 4 is 11.8 Å². The molecule has 13 nitrogen and oxygen atoms in total. The Labute approximate surface area is 143 Å². The van der Waals surface area contributed by atoms with E-state index in [1.54, 1.807) is 0 Å². The third-order valence-corrected chi connectivity index (χ3v) is 3.71. The molecular formula is C12H15FN6O7. The van der Waals surface area contributed by atoms with Crippen LogP contribution < -0.4 is 11.0 Å². The van der Waals surface area contributed by atoms with E-state index in [0.717, 1.165) is 12.3 Å². The van der Waals surface area contributed by atoms with Crippen molar-refractivity contribution in [1.29, 1.82) is 0 Å². The summed E-state index contributed by atoms with van der Waals surface area (Å²) in [5.41, 5.74) is 5.12. The minimum absolute atomic E-state index is 0.204. The van der Waals surface area contributed by atoms with Crippen molar-refractivity contribution in [3.8, 4) is 0 Å². The number of carboxylic acids is 1. The maximum Gasteiger partial charge on any atom is 0.351 e. The second kappa shape index (κ2) is 7.63. The van der Waals surface area contributed by atoms with Gasteiger partial charge in [-0.2, -0.15) is 4.98 Å². The number of carboxylic acid groups (broad SMARTS) is 1.